The minimum atomic E-state index is -4.70. The maximum absolute atomic E-state index is 16.2. The molecule has 0 unspecified atom stereocenters. The van der Waals surface area contributed by atoms with Crippen LogP contribution in [0.25, 0.3) is 0 Å². The summed E-state index contributed by atoms with van der Waals surface area (Å²) in [5, 5.41) is 46.5. The van der Waals surface area contributed by atoms with E-state index in [9.17, 15) is 58.8 Å². The number of methoxy groups -OCH3 is 1. The maximum atomic E-state index is 16.2. The van der Waals surface area contributed by atoms with E-state index in [1.54, 1.807) is 54.6 Å². The number of nitrogens with zero attached hydrogens (tertiary/aromatic N) is 3. The number of carboxylic acid groups (broad SMARTS) is 4. The first-order chi connectivity index (χ1) is 37.3. The highest BCUT2D eigenvalue weighted by atomic mass is 33.1. The van der Waals surface area contributed by atoms with Gasteiger partial charge in [0.15, 0.2) is 9.74 Å². The van der Waals surface area contributed by atoms with Crippen LogP contribution in [-0.2, 0) is 63.4 Å². The third-order valence-electron chi connectivity index (χ3n) is 13.3. The Kier molecular flexibility index (Phi) is 19.9. The summed E-state index contributed by atoms with van der Waals surface area (Å²) in [6, 6.07) is 14.6. The van der Waals surface area contributed by atoms with Gasteiger partial charge in [-0.3, -0.25) is 52.8 Å². The Morgan fingerprint density at radius 2 is 1.22 bits per heavy atom. The molecule has 0 saturated carbocycles. The number of amides is 6. The van der Waals surface area contributed by atoms with Crippen LogP contribution in [-0.4, -0.2) is 177 Å². The minimum absolute atomic E-state index is 0.164. The van der Waals surface area contributed by atoms with E-state index in [2.05, 4.69) is 21.3 Å². The summed E-state index contributed by atoms with van der Waals surface area (Å²) in [6.45, 7) is -0.329. The quantitative estimate of drug-likeness (QED) is 0.0433. The summed E-state index contributed by atoms with van der Waals surface area (Å²) in [5.74, 6) is -11.2. The zero-order valence-electron chi connectivity index (χ0n) is 42.4. The average Bonchev–Trinajstić information content (AvgIpc) is 4.13. The van der Waals surface area contributed by atoms with E-state index >= 15 is 18.0 Å². The molecule has 8 atom stereocenters. The third-order valence-corrected chi connectivity index (χ3v) is 21.1. The van der Waals surface area contributed by atoms with Crippen LogP contribution in [0.15, 0.2) is 83.8 Å². The van der Waals surface area contributed by atoms with Gasteiger partial charge in [-0.2, -0.15) is 0 Å². The Morgan fingerprint density at radius 1 is 0.722 bits per heavy atom. The molecule has 3 aliphatic heterocycles. The molecule has 0 aromatic heterocycles. The summed E-state index contributed by atoms with van der Waals surface area (Å²) >= 11 is 0. The second-order valence-electron chi connectivity index (χ2n) is 18.4. The molecule has 6 amide bonds. The topological polar surface area (TPSA) is 405 Å². The van der Waals surface area contributed by atoms with Gasteiger partial charge in [0.2, 0.25) is 23.6 Å². The predicted octanol–water partition coefficient (Wildman–Crippen LogP) is 0.151. The van der Waals surface area contributed by atoms with Crippen LogP contribution in [0.5, 0.6) is 5.75 Å². The number of likely N-dealkylation sites (N-methyl/N-ethyl adjacent to an activating group) is 1. The van der Waals surface area contributed by atoms with Crippen LogP contribution in [0.2, 0.25) is 0 Å². The van der Waals surface area contributed by atoms with E-state index in [1.807, 2.05) is 0 Å². The highest BCUT2D eigenvalue weighted by Gasteiger charge is 2.77. The minimum Gasteiger partial charge on any atom is -0.497 e. The van der Waals surface area contributed by atoms with Gasteiger partial charge < -0.3 is 62.8 Å². The number of hydrogen-bond acceptors (Lipinski definition) is 19. The number of rotatable bonds is 28. The number of benzene rings is 3. The van der Waals surface area contributed by atoms with Crippen molar-refractivity contribution in [3.63, 3.8) is 0 Å². The molecular weight excluding hydrogens is 1130 g/mol. The number of sulfonamides is 1. The molecule has 79 heavy (non-hydrogen) atoms. The van der Waals surface area contributed by atoms with E-state index in [0.717, 1.165) is 52.4 Å². The molecule has 2 fully saturated rings. The molecule has 3 aromatic carbocycles. The molecule has 3 aliphatic rings. The zero-order chi connectivity index (χ0) is 58.2. The lowest BCUT2D eigenvalue weighted by atomic mass is 9.72. The Morgan fingerprint density at radius 3 is 1.71 bits per heavy atom. The van der Waals surface area contributed by atoms with Crippen LogP contribution < -0.4 is 41.8 Å². The van der Waals surface area contributed by atoms with Crippen molar-refractivity contribution in [3.05, 3.63) is 90.0 Å². The van der Waals surface area contributed by atoms with Gasteiger partial charge in [0, 0.05) is 37.8 Å². The van der Waals surface area contributed by atoms with Crippen molar-refractivity contribution in [3.8, 4) is 5.75 Å². The molecule has 31 heteroatoms. The molecular formula is C48H57N9O17S5. The van der Waals surface area contributed by atoms with Crippen LogP contribution in [0.3, 0.4) is 0 Å². The molecule has 3 heterocycles. The molecule has 0 radical (unpaired) electrons. The van der Waals surface area contributed by atoms with E-state index in [4.69, 9.17) is 16.2 Å². The molecule has 3 aromatic rings. The van der Waals surface area contributed by atoms with Gasteiger partial charge in [-0.15, -0.1) is 0 Å². The lowest BCUT2D eigenvalue weighted by Crippen LogP contribution is -2.73. The normalized spacial score (nSPS) is 21.8. The van der Waals surface area contributed by atoms with Gasteiger partial charge in [-0.05, 0) is 61.2 Å². The van der Waals surface area contributed by atoms with Crippen molar-refractivity contribution < 1.29 is 81.5 Å². The number of carbonyl (C=O) groups excluding carboxylic acids is 6. The van der Waals surface area contributed by atoms with Gasteiger partial charge >= 0.3 is 23.9 Å². The number of fused-ring (bicyclic) bond motifs is 5. The van der Waals surface area contributed by atoms with Crippen LogP contribution in [0.1, 0.15) is 50.2 Å². The summed E-state index contributed by atoms with van der Waals surface area (Å²) in [6.07, 6.45) is -3.51. The predicted molar refractivity (Wildman–Crippen MR) is 290 cm³/mol. The van der Waals surface area contributed by atoms with E-state index in [0.29, 0.717) is 16.9 Å². The van der Waals surface area contributed by atoms with Crippen molar-refractivity contribution in [1.82, 2.24) is 31.1 Å². The van der Waals surface area contributed by atoms with Gasteiger partial charge in [-0.25, -0.2) is 12.7 Å². The summed E-state index contributed by atoms with van der Waals surface area (Å²) in [5.41, 5.74) is 10.6. The lowest BCUT2D eigenvalue weighted by molar-refractivity contribution is -0.163. The second-order valence-corrected chi connectivity index (χ2v) is 25.5. The van der Waals surface area contributed by atoms with Crippen molar-refractivity contribution in [1.29, 1.82) is 0 Å². The molecule has 0 spiro atoms. The first-order valence-electron chi connectivity index (χ1n) is 23.9. The van der Waals surface area contributed by atoms with E-state index in [1.165, 1.54) is 50.2 Å². The van der Waals surface area contributed by atoms with Crippen LogP contribution in [0, 0.1) is 0 Å². The van der Waals surface area contributed by atoms with Crippen molar-refractivity contribution in [2.45, 2.75) is 89.4 Å². The number of carboxylic acids is 4. The maximum Gasteiger partial charge on any atom is 0.322 e. The van der Waals surface area contributed by atoms with Gasteiger partial charge in [0.05, 0.1) is 23.1 Å². The van der Waals surface area contributed by atoms with Crippen molar-refractivity contribution in [2.75, 3.05) is 43.1 Å². The highest BCUT2D eigenvalue weighted by Crippen LogP contribution is 2.67. The third kappa shape index (κ3) is 13.0. The Labute approximate surface area is 468 Å². The smallest absolute Gasteiger partial charge is 0.322 e. The van der Waals surface area contributed by atoms with Crippen LogP contribution >= 0.6 is 43.2 Å². The Balaban J connectivity index is 1.48. The fourth-order valence-corrected chi connectivity index (χ4v) is 16.9. The fourth-order valence-electron chi connectivity index (χ4n) is 9.13. The first kappa shape index (κ1) is 61.4. The number of nitrogens with one attached hydrogen (secondary N) is 4. The first-order valence-corrected chi connectivity index (χ1v) is 30.0. The second kappa shape index (κ2) is 25.6. The molecule has 12 N–H and O–H groups in total. The van der Waals surface area contributed by atoms with E-state index < -0.39 is 147 Å². The van der Waals surface area contributed by atoms with Crippen molar-refractivity contribution in [2.24, 2.45) is 11.5 Å². The average molecular weight is 1190 g/mol. The summed E-state index contributed by atoms with van der Waals surface area (Å²) in [4.78, 5) is 129. The number of ether oxygens (including phenoxy) is 1. The number of hydrogen-bond donors (Lipinski definition) is 10. The molecule has 26 nitrogen and oxygen atoms in total. The molecule has 6 rings (SSSR count). The van der Waals surface area contributed by atoms with Crippen LogP contribution in [0.4, 0.5) is 5.69 Å². The number of nitrogens with two attached hydrogens (primary N) is 2. The highest BCUT2D eigenvalue weighted by molar-refractivity contribution is 8.77. The molecule has 0 aliphatic carbocycles. The molecule has 2 saturated heterocycles. The monoisotopic (exact) mass is 1190 g/mol. The Bertz CT molecular complexity index is 2980. The van der Waals surface area contributed by atoms with E-state index in [-0.39, 0.29) is 35.6 Å². The van der Waals surface area contributed by atoms with Crippen molar-refractivity contribution >= 4 is 118 Å². The Hall–Kier alpha value is -6.77. The number of carbonyl (C=O) groups is 10. The van der Waals surface area contributed by atoms with Gasteiger partial charge in [-0.1, -0.05) is 91.7 Å². The molecule has 426 valence electrons. The van der Waals surface area contributed by atoms with Gasteiger partial charge in [0.1, 0.15) is 49.2 Å². The SMILES string of the molecule is COc1ccc([C@]23C[C@]4(SSC[C@H](NC(=O)CC[C@H](N)C(=O)O)C(=O)NCC(=O)O)C(=O)N(C)[C@@](C)(SSC[C@H](NC(=O)CC[C@H](N)C(=O)O)C(=O)NCC(=O)O)C(=O)N4[C@H]2N(S(=O)(=O)c2ccccc2)c2ccccc23)cc1. The number of anilines is 1. The largest absolute Gasteiger partial charge is 0.497 e. The number of para-hydroxylation sites is 1. The standard InChI is InChI=1S/C48H57N9O17S5/c1-46(77-75-23-32(39(64)51-21-37(60)61)53-35(58)19-17-30(49)41(66)67)44(70)56-43-47(26-13-15-27(74-3)16-14-26,29-11-7-8-12-34(29)57(43)79(72,73)28-9-5-4-6-10-28)25-48(56,45(71)55(46)2)78-76-24-33(40(65)52-22-38(62)63)54-36(59)20-18-31(50)42(68)69/h4-16,30-33,43H,17-25,49-50H2,1-3H3,(H,51,64)(H,52,65)(H,53,58)(H,54,59)(H,60,61)(H,62,63)(H,66,67)(H,68,69)/t30-,31-,32-,33-,43-,46-,47-,48-/m0/s1. The summed E-state index contributed by atoms with van der Waals surface area (Å²) in [7, 11) is 1.23. The lowest BCUT2D eigenvalue weighted by Gasteiger charge is -2.53. The van der Waals surface area contributed by atoms with Gasteiger partial charge in [0.25, 0.3) is 21.8 Å². The zero-order valence-corrected chi connectivity index (χ0v) is 46.5. The fraction of sp³-hybridized carbons (Fsp3) is 0.417. The summed E-state index contributed by atoms with van der Waals surface area (Å²) < 4.78 is 37.6. The molecule has 0 bridgehead atoms. The number of aliphatic carboxylic acids is 4. The number of piperazine rings is 1.